The van der Waals surface area contributed by atoms with Crippen molar-refractivity contribution in [2.45, 2.75) is 45.3 Å². The van der Waals surface area contributed by atoms with E-state index in [0.717, 1.165) is 13.1 Å². The summed E-state index contributed by atoms with van der Waals surface area (Å²) in [6, 6.07) is 0.316. The standard InChI is InChI=1S/C12H22N2O2/c1-12(2,3)16-11(15)14-10-8-4-5-9(10)7-13-6-8/h8-10,13H,4-7H2,1-3H3,(H,14,15). The van der Waals surface area contributed by atoms with Gasteiger partial charge in [-0.1, -0.05) is 0 Å². The molecule has 1 aliphatic carbocycles. The molecule has 0 aromatic heterocycles. The first-order chi connectivity index (χ1) is 7.46. The maximum Gasteiger partial charge on any atom is 0.407 e. The van der Waals surface area contributed by atoms with Crippen LogP contribution in [0.1, 0.15) is 33.6 Å². The molecule has 2 fully saturated rings. The monoisotopic (exact) mass is 226 g/mol. The summed E-state index contributed by atoms with van der Waals surface area (Å²) in [6.45, 7) is 7.73. The average Bonchev–Trinajstić information content (AvgIpc) is 2.39. The second-order valence-electron chi connectivity index (χ2n) is 5.93. The summed E-state index contributed by atoms with van der Waals surface area (Å²) in [6.07, 6.45) is 2.17. The predicted octanol–water partition coefficient (Wildman–Crippen LogP) is 1.51. The van der Waals surface area contributed by atoms with E-state index in [4.69, 9.17) is 4.74 Å². The van der Waals surface area contributed by atoms with E-state index in [1.165, 1.54) is 12.8 Å². The lowest BCUT2D eigenvalue weighted by atomic mass is 9.94. The Morgan fingerprint density at radius 1 is 1.25 bits per heavy atom. The second-order valence-corrected chi connectivity index (χ2v) is 5.93. The van der Waals surface area contributed by atoms with Gasteiger partial charge in [0.15, 0.2) is 0 Å². The molecule has 2 aliphatic rings. The topological polar surface area (TPSA) is 50.4 Å². The average molecular weight is 226 g/mol. The zero-order valence-electron chi connectivity index (χ0n) is 10.4. The van der Waals surface area contributed by atoms with Crippen LogP contribution in [0.2, 0.25) is 0 Å². The van der Waals surface area contributed by atoms with Gasteiger partial charge in [0.1, 0.15) is 5.60 Å². The number of ether oxygens (including phenoxy) is 1. The van der Waals surface area contributed by atoms with Crippen molar-refractivity contribution in [2.24, 2.45) is 11.8 Å². The third kappa shape index (κ3) is 2.67. The molecular weight excluding hydrogens is 204 g/mol. The van der Waals surface area contributed by atoms with Crippen LogP contribution in [-0.4, -0.2) is 30.8 Å². The summed E-state index contributed by atoms with van der Waals surface area (Å²) in [7, 11) is 0. The molecule has 4 heteroatoms. The molecule has 4 nitrogen and oxygen atoms in total. The Morgan fingerprint density at radius 2 is 1.81 bits per heavy atom. The molecule has 1 heterocycles. The fourth-order valence-corrected chi connectivity index (χ4v) is 2.76. The van der Waals surface area contributed by atoms with Crippen molar-refractivity contribution in [3.63, 3.8) is 0 Å². The fraction of sp³-hybridized carbons (Fsp3) is 0.917. The minimum absolute atomic E-state index is 0.267. The first kappa shape index (κ1) is 11.7. The maximum atomic E-state index is 11.7. The predicted molar refractivity (Wildman–Crippen MR) is 62.2 cm³/mol. The molecule has 2 rings (SSSR count). The highest BCUT2D eigenvalue weighted by atomic mass is 16.6. The maximum absolute atomic E-state index is 11.7. The first-order valence-corrected chi connectivity index (χ1v) is 6.16. The van der Waals surface area contributed by atoms with Crippen LogP contribution in [0.15, 0.2) is 0 Å². The summed E-state index contributed by atoms with van der Waals surface area (Å²) >= 11 is 0. The van der Waals surface area contributed by atoms with E-state index >= 15 is 0 Å². The summed E-state index contributed by atoms with van der Waals surface area (Å²) in [4.78, 5) is 11.7. The van der Waals surface area contributed by atoms with Gasteiger partial charge in [-0.3, -0.25) is 0 Å². The van der Waals surface area contributed by atoms with E-state index in [1.807, 2.05) is 20.8 Å². The van der Waals surface area contributed by atoms with Gasteiger partial charge in [-0.15, -0.1) is 0 Å². The summed E-state index contributed by atoms with van der Waals surface area (Å²) in [5, 5.41) is 6.44. The molecule has 2 unspecified atom stereocenters. The van der Waals surface area contributed by atoms with Crippen molar-refractivity contribution in [2.75, 3.05) is 13.1 Å². The van der Waals surface area contributed by atoms with Gasteiger partial charge in [-0.25, -0.2) is 4.79 Å². The molecule has 92 valence electrons. The smallest absolute Gasteiger partial charge is 0.407 e. The van der Waals surface area contributed by atoms with Crippen LogP contribution in [0.4, 0.5) is 4.79 Å². The summed E-state index contributed by atoms with van der Waals surface area (Å²) in [5.41, 5.74) is -0.407. The molecule has 0 aromatic carbocycles. The molecule has 1 saturated heterocycles. The highest BCUT2D eigenvalue weighted by Crippen LogP contribution is 2.33. The van der Waals surface area contributed by atoms with Crippen molar-refractivity contribution < 1.29 is 9.53 Å². The fourth-order valence-electron chi connectivity index (χ4n) is 2.76. The van der Waals surface area contributed by atoms with Crippen molar-refractivity contribution in [3.05, 3.63) is 0 Å². The van der Waals surface area contributed by atoms with E-state index < -0.39 is 5.60 Å². The van der Waals surface area contributed by atoms with E-state index in [0.29, 0.717) is 17.9 Å². The van der Waals surface area contributed by atoms with Crippen molar-refractivity contribution in [3.8, 4) is 0 Å². The van der Waals surface area contributed by atoms with Crippen LogP contribution in [0, 0.1) is 11.8 Å². The molecule has 0 spiro atoms. The Kier molecular flexibility index (Phi) is 3.10. The van der Waals surface area contributed by atoms with Crippen LogP contribution in [0.5, 0.6) is 0 Å². The molecule has 16 heavy (non-hydrogen) atoms. The first-order valence-electron chi connectivity index (χ1n) is 6.16. The number of hydrogen-bond donors (Lipinski definition) is 2. The Balaban J connectivity index is 1.88. The van der Waals surface area contributed by atoms with Gasteiger partial charge in [0.25, 0.3) is 0 Å². The van der Waals surface area contributed by atoms with E-state index in [2.05, 4.69) is 10.6 Å². The third-order valence-electron chi connectivity index (χ3n) is 3.42. The number of nitrogens with one attached hydrogen (secondary N) is 2. The zero-order valence-corrected chi connectivity index (χ0v) is 10.4. The van der Waals surface area contributed by atoms with Crippen LogP contribution in [0.25, 0.3) is 0 Å². The van der Waals surface area contributed by atoms with E-state index in [-0.39, 0.29) is 6.09 Å². The highest BCUT2D eigenvalue weighted by molar-refractivity contribution is 5.68. The Hall–Kier alpha value is -0.770. The molecule has 2 bridgehead atoms. The molecule has 1 amide bonds. The lowest BCUT2D eigenvalue weighted by Crippen LogP contribution is -2.51. The number of fused-ring (bicyclic) bond motifs is 2. The van der Waals surface area contributed by atoms with Gasteiger partial charge in [0, 0.05) is 6.04 Å². The highest BCUT2D eigenvalue weighted by Gasteiger charge is 2.40. The molecule has 0 aromatic rings. The van der Waals surface area contributed by atoms with Crippen LogP contribution < -0.4 is 10.6 Å². The van der Waals surface area contributed by atoms with E-state index in [1.54, 1.807) is 0 Å². The van der Waals surface area contributed by atoms with Gasteiger partial charge >= 0.3 is 6.09 Å². The Morgan fingerprint density at radius 3 is 2.31 bits per heavy atom. The molecule has 1 saturated carbocycles. The number of carbonyl (C=O) groups excluding carboxylic acids is 1. The van der Waals surface area contributed by atoms with Crippen molar-refractivity contribution in [1.29, 1.82) is 0 Å². The summed E-state index contributed by atoms with van der Waals surface area (Å²) in [5.74, 6) is 1.18. The molecule has 2 N–H and O–H groups in total. The van der Waals surface area contributed by atoms with Crippen LogP contribution in [0.3, 0.4) is 0 Å². The second kappa shape index (κ2) is 4.24. The number of amides is 1. The van der Waals surface area contributed by atoms with E-state index in [9.17, 15) is 4.79 Å². The van der Waals surface area contributed by atoms with Gasteiger partial charge in [-0.2, -0.15) is 0 Å². The number of rotatable bonds is 1. The number of carbonyl (C=O) groups is 1. The van der Waals surface area contributed by atoms with Gasteiger partial charge in [0.05, 0.1) is 0 Å². The van der Waals surface area contributed by atoms with Gasteiger partial charge in [-0.05, 0) is 58.5 Å². The zero-order chi connectivity index (χ0) is 11.8. The third-order valence-corrected chi connectivity index (χ3v) is 3.42. The Bertz CT molecular complexity index is 257. The number of hydrogen-bond acceptors (Lipinski definition) is 3. The largest absolute Gasteiger partial charge is 0.444 e. The SMILES string of the molecule is CC(C)(C)OC(=O)NC1C2CCC1CNC2. The van der Waals surface area contributed by atoms with Crippen molar-refractivity contribution >= 4 is 6.09 Å². The minimum Gasteiger partial charge on any atom is -0.444 e. The Labute approximate surface area is 97.1 Å². The number of piperidine rings is 1. The lowest BCUT2D eigenvalue weighted by molar-refractivity contribution is 0.0468. The minimum atomic E-state index is -0.407. The van der Waals surface area contributed by atoms with Crippen molar-refractivity contribution in [1.82, 2.24) is 10.6 Å². The molecular formula is C12H22N2O2. The molecule has 0 radical (unpaired) electrons. The normalized spacial score (nSPS) is 33.6. The van der Waals surface area contributed by atoms with Crippen LogP contribution in [-0.2, 0) is 4.74 Å². The quantitative estimate of drug-likeness (QED) is 0.712. The lowest BCUT2D eigenvalue weighted by Gasteiger charge is -2.32. The van der Waals surface area contributed by atoms with Gasteiger partial charge in [0.2, 0.25) is 0 Å². The number of alkyl carbamates (subject to hydrolysis) is 1. The molecule has 2 atom stereocenters. The molecule has 1 aliphatic heterocycles. The summed E-state index contributed by atoms with van der Waals surface area (Å²) < 4.78 is 5.29. The van der Waals surface area contributed by atoms with Gasteiger partial charge < -0.3 is 15.4 Å². The van der Waals surface area contributed by atoms with Crippen LogP contribution >= 0.6 is 0 Å².